The zero-order valence-corrected chi connectivity index (χ0v) is 18.6. The predicted octanol–water partition coefficient (Wildman–Crippen LogP) is 5.29. The fraction of sp³-hybridized carbons (Fsp3) is 0.269. The van der Waals surface area contributed by atoms with E-state index in [9.17, 15) is 8.42 Å². The van der Waals surface area contributed by atoms with Crippen LogP contribution in [0.15, 0.2) is 94.9 Å². The van der Waals surface area contributed by atoms with E-state index in [1.807, 2.05) is 19.1 Å². The zero-order chi connectivity index (χ0) is 21.7. The monoisotopic (exact) mass is 432 g/mol. The molecule has 1 N–H and O–H groups in total. The molecule has 0 saturated heterocycles. The van der Waals surface area contributed by atoms with Crippen LogP contribution in [0.4, 0.5) is 0 Å². The summed E-state index contributed by atoms with van der Waals surface area (Å²) in [6.07, 6.45) is 4.48. The lowest BCUT2D eigenvalue weighted by molar-refractivity contribution is 0.404. The number of hydrazone groups is 1. The van der Waals surface area contributed by atoms with Crippen molar-refractivity contribution >= 4 is 15.7 Å². The minimum atomic E-state index is -3.70. The van der Waals surface area contributed by atoms with Crippen LogP contribution in [0.5, 0.6) is 0 Å². The van der Waals surface area contributed by atoms with Gasteiger partial charge in [-0.15, -0.1) is 0 Å². The van der Waals surface area contributed by atoms with Crippen molar-refractivity contribution in [3.63, 3.8) is 0 Å². The van der Waals surface area contributed by atoms with Crippen LogP contribution in [-0.4, -0.2) is 14.1 Å². The minimum absolute atomic E-state index is 0.196. The lowest BCUT2D eigenvalue weighted by atomic mass is 9.74. The second-order valence-electron chi connectivity index (χ2n) is 8.42. The Morgan fingerprint density at radius 2 is 1.39 bits per heavy atom. The van der Waals surface area contributed by atoms with Gasteiger partial charge in [-0.05, 0) is 62.3 Å². The molecule has 0 unspecified atom stereocenters. The van der Waals surface area contributed by atoms with E-state index in [4.69, 9.17) is 0 Å². The number of benzene rings is 3. The highest BCUT2D eigenvalue weighted by atomic mass is 32.2. The van der Waals surface area contributed by atoms with Gasteiger partial charge in [-0.25, -0.2) is 4.83 Å². The average Bonchev–Trinajstić information content (AvgIpc) is 3.16. The fourth-order valence-corrected chi connectivity index (χ4v) is 5.31. The highest BCUT2D eigenvalue weighted by Crippen LogP contribution is 2.42. The second-order valence-corrected chi connectivity index (χ2v) is 10.1. The number of hydrogen-bond donors (Lipinski definition) is 1. The SMILES string of the molecule is Cc1ccc(S(=O)(=O)N/N=C2\CCCC2(Cc2ccccc2)Cc2ccccc2)cc1. The standard InChI is InChI=1S/C26H28N2O2S/c1-21-14-16-24(17-15-21)31(29,30)28-27-25-13-8-18-26(25,19-22-9-4-2-5-10-22)20-23-11-6-3-7-12-23/h2-7,9-12,14-17,28H,8,13,18-20H2,1H3/b27-25+. The van der Waals surface area contributed by atoms with Gasteiger partial charge in [-0.1, -0.05) is 78.4 Å². The van der Waals surface area contributed by atoms with Crippen LogP contribution in [0.25, 0.3) is 0 Å². The van der Waals surface area contributed by atoms with Gasteiger partial charge < -0.3 is 0 Å². The number of aryl methyl sites for hydroxylation is 1. The molecule has 0 aromatic heterocycles. The average molecular weight is 433 g/mol. The summed E-state index contributed by atoms with van der Waals surface area (Å²) in [5.41, 5.74) is 4.25. The van der Waals surface area contributed by atoms with Gasteiger partial charge in [0.25, 0.3) is 10.0 Å². The fourth-order valence-electron chi connectivity index (χ4n) is 4.48. The molecule has 1 saturated carbocycles. The van der Waals surface area contributed by atoms with Gasteiger partial charge in [0.05, 0.1) is 4.90 Å². The van der Waals surface area contributed by atoms with Crippen molar-refractivity contribution in [3.05, 3.63) is 102 Å². The molecule has 0 heterocycles. The van der Waals surface area contributed by atoms with E-state index >= 15 is 0 Å². The zero-order valence-electron chi connectivity index (χ0n) is 17.8. The number of nitrogens with one attached hydrogen (secondary N) is 1. The van der Waals surface area contributed by atoms with E-state index in [0.29, 0.717) is 0 Å². The second kappa shape index (κ2) is 9.06. The molecule has 0 amide bonds. The van der Waals surface area contributed by atoms with Crippen LogP contribution < -0.4 is 4.83 Å². The van der Waals surface area contributed by atoms with Crippen LogP contribution in [0, 0.1) is 12.3 Å². The molecule has 160 valence electrons. The molecule has 31 heavy (non-hydrogen) atoms. The quantitative estimate of drug-likeness (QED) is 0.516. The first-order chi connectivity index (χ1) is 15.0. The Kier molecular flexibility index (Phi) is 6.23. The maximum Gasteiger partial charge on any atom is 0.276 e. The molecule has 0 bridgehead atoms. The Balaban J connectivity index is 1.65. The molecule has 3 aromatic rings. The van der Waals surface area contributed by atoms with Crippen LogP contribution in [-0.2, 0) is 22.9 Å². The summed E-state index contributed by atoms with van der Waals surface area (Å²) in [5, 5.41) is 4.52. The summed E-state index contributed by atoms with van der Waals surface area (Å²) >= 11 is 0. The van der Waals surface area contributed by atoms with E-state index in [-0.39, 0.29) is 10.3 Å². The molecule has 4 nitrogen and oxygen atoms in total. The molecule has 4 rings (SSSR count). The van der Waals surface area contributed by atoms with Crippen molar-refractivity contribution in [2.75, 3.05) is 0 Å². The molecular weight excluding hydrogens is 404 g/mol. The first kappa shape index (κ1) is 21.3. The van der Waals surface area contributed by atoms with Crippen LogP contribution in [0.2, 0.25) is 0 Å². The molecule has 0 spiro atoms. The number of sulfonamides is 1. The number of hydrogen-bond acceptors (Lipinski definition) is 3. The van der Waals surface area contributed by atoms with Crippen molar-refractivity contribution in [3.8, 4) is 0 Å². The summed E-state index contributed by atoms with van der Waals surface area (Å²) < 4.78 is 25.6. The highest BCUT2D eigenvalue weighted by Gasteiger charge is 2.40. The molecular formula is C26H28N2O2S. The van der Waals surface area contributed by atoms with Gasteiger partial charge in [0.2, 0.25) is 0 Å². The van der Waals surface area contributed by atoms with E-state index < -0.39 is 10.0 Å². The topological polar surface area (TPSA) is 58.5 Å². The Morgan fingerprint density at radius 1 is 0.839 bits per heavy atom. The van der Waals surface area contributed by atoms with Crippen molar-refractivity contribution in [1.29, 1.82) is 0 Å². The van der Waals surface area contributed by atoms with E-state index in [2.05, 4.69) is 58.5 Å². The van der Waals surface area contributed by atoms with Crippen LogP contribution in [0.1, 0.15) is 36.0 Å². The molecule has 0 aliphatic heterocycles. The molecule has 1 aliphatic carbocycles. The minimum Gasteiger partial charge on any atom is -0.200 e. The van der Waals surface area contributed by atoms with Crippen molar-refractivity contribution in [1.82, 2.24) is 4.83 Å². The summed E-state index contributed by atoms with van der Waals surface area (Å²) in [6.45, 7) is 1.93. The maximum absolute atomic E-state index is 12.8. The lowest BCUT2D eigenvalue weighted by Gasteiger charge is -2.30. The van der Waals surface area contributed by atoms with Gasteiger partial charge in [0.15, 0.2) is 0 Å². The summed E-state index contributed by atoms with van der Waals surface area (Å²) in [7, 11) is -3.70. The molecule has 0 radical (unpaired) electrons. The van der Waals surface area contributed by atoms with Gasteiger partial charge in [0.1, 0.15) is 0 Å². The summed E-state index contributed by atoms with van der Waals surface area (Å²) in [4.78, 5) is 2.76. The predicted molar refractivity (Wildman–Crippen MR) is 126 cm³/mol. The smallest absolute Gasteiger partial charge is 0.200 e. The van der Waals surface area contributed by atoms with Gasteiger partial charge in [0, 0.05) is 11.1 Å². The molecule has 5 heteroatoms. The van der Waals surface area contributed by atoms with E-state index in [1.165, 1.54) is 11.1 Å². The third kappa shape index (κ3) is 5.05. The van der Waals surface area contributed by atoms with Gasteiger partial charge in [-0.3, -0.25) is 0 Å². The van der Waals surface area contributed by atoms with E-state index in [1.54, 1.807) is 24.3 Å². The summed E-state index contributed by atoms with van der Waals surface area (Å²) in [5.74, 6) is 0. The highest BCUT2D eigenvalue weighted by molar-refractivity contribution is 7.89. The third-order valence-electron chi connectivity index (χ3n) is 6.08. The number of rotatable bonds is 7. The first-order valence-corrected chi connectivity index (χ1v) is 12.2. The van der Waals surface area contributed by atoms with Crippen molar-refractivity contribution in [2.45, 2.75) is 43.9 Å². The molecule has 1 fully saturated rings. The number of nitrogens with zero attached hydrogens (tertiary/aromatic N) is 1. The van der Waals surface area contributed by atoms with Crippen molar-refractivity contribution < 1.29 is 8.42 Å². The first-order valence-electron chi connectivity index (χ1n) is 10.7. The maximum atomic E-state index is 12.8. The van der Waals surface area contributed by atoms with Crippen LogP contribution in [0.3, 0.4) is 0 Å². The lowest BCUT2D eigenvalue weighted by Crippen LogP contribution is -2.33. The van der Waals surface area contributed by atoms with Crippen LogP contribution >= 0.6 is 0 Å². The molecule has 3 aromatic carbocycles. The normalized spacial score (nSPS) is 17.0. The largest absolute Gasteiger partial charge is 0.276 e. The van der Waals surface area contributed by atoms with Gasteiger partial charge in [-0.2, -0.15) is 13.5 Å². The third-order valence-corrected chi connectivity index (χ3v) is 7.31. The molecule has 0 atom stereocenters. The Hall–Kier alpha value is -2.92. The summed E-state index contributed by atoms with van der Waals surface area (Å²) in [6, 6.07) is 27.6. The van der Waals surface area contributed by atoms with E-state index in [0.717, 1.165) is 43.4 Å². The Morgan fingerprint density at radius 3 is 1.94 bits per heavy atom. The molecule has 1 aliphatic rings. The Bertz CT molecular complexity index is 1100. The van der Waals surface area contributed by atoms with Crippen molar-refractivity contribution in [2.24, 2.45) is 10.5 Å². The Labute approximate surface area is 185 Å². The van der Waals surface area contributed by atoms with Gasteiger partial charge >= 0.3 is 0 Å².